The minimum Gasteiger partial charge on any atom is -0.362 e. The van der Waals surface area contributed by atoms with Crippen LogP contribution in [-0.2, 0) is 0 Å². The minimum atomic E-state index is 0.574. The van der Waals surface area contributed by atoms with Crippen molar-refractivity contribution in [3.05, 3.63) is 36.2 Å². The maximum atomic E-state index is 4.56. The monoisotopic (exact) mass is 161 g/mol. The lowest BCUT2D eigenvalue weighted by Gasteiger charge is -1.81. The Balaban J connectivity index is 2.14. The Hall–Kier alpha value is -1.84. The quantitative estimate of drug-likeness (QED) is 0.727. The third-order valence-electron chi connectivity index (χ3n) is 1.41. The zero-order valence-electron chi connectivity index (χ0n) is 6.27. The van der Waals surface area contributed by atoms with E-state index in [1.54, 1.807) is 6.08 Å². The van der Waals surface area contributed by atoms with Crippen molar-refractivity contribution < 1.29 is 4.52 Å². The second-order valence-corrected chi connectivity index (χ2v) is 2.25. The van der Waals surface area contributed by atoms with Crippen molar-refractivity contribution >= 4 is 12.2 Å². The Morgan fingerprint density at radius 2 is 2.42 bits per heavy atom. The van der Waals surface area contributed by atoms with Crippen LogP contribution in [0.25, 0.3) is 12.2 Å². The largest absolute Gasteiger partial charge is 0.362 e. The summed E-state index contributed by atoms with van der Waals surface area (Å²) in [5, 5.41) is 3.63. The van der Waals surface area contributed by atoms with Gasteiger partial charge in [0.1, 0.15) is 0 Å². The molecule has 1 N–H and O–H groups in total. The predicted octanol–water partition coefficient (Wildman–Crippen LogP) is 1.57. The Labute approximate surface area is 68.9 Å². The molecular weight excluding hydrogens is 154 g/mol. The molecule has 4 heteroatoms. The topological polar surface area (TPSA) is 54.7 Å². The van der Waals surface area contributed by atoms with Crippen molar-refractivity contribution in [3.8, 4) is 0 Å². The molecule has 0 saturated carbocycles. The Bertz CT molecular complexity index is 311. The molecule has 0 fully saturated rings. The van der Waals surface area contributed by atoms with Crippen molar-refractivity contribution in [2.45, 2.75) is 0 Å². The second-order valence-electron chi connectivity index (χ2n) is 2.25. The molecule has 0 atom stereocenters. The number of rotatable bonds is 2. The van der Waals surface area contributed by atoms with E-state index in [2.05, 4.69) is 19.6 Å². The summed E-state index contributed by atoms with van der Waals surface area (Å²) in [4.78, 5) is 6.86. The van der Waals surface area contributed by atoms with Gasteiger partial charge in [0.25, 0.3) is 0 Å². The molecule has 2 aromatic heterocycles. The molecule has 4 nitrogen and oxygen atoms in total. The molecule has 12 heavy (non-hydrogen) atoms. The lowest BCUT2D eigenvalue weighted by molar-refractivity contribution is 0.415. The molecule has 0 aromatic carbocycles. The summed E-state index contributed by atoms with van der Waals surface area (Å²) in [5.74, 6) is 0.574. The van der Waals surface area contributed by atoms with Gasteiger partial charge in [-0.2, -0.15) is 4.98 Å². The molecule has 2 aromatic rings. The van der Waals surface area contributed by atoms with Crippen molar-refractivity contribution in [1.82, 2.24) is 15.1 Å². The average Bonchev–Trinajstić information content (AvgIpc) is 2.74. The summed E-state index contributed by atoms with van der Waals surface area (Å²) in [6.45, 7) is 0. The van der Waals surface area contributed by atoms with Crippen LogP contribution in [-0.4, -0.2) is 15.1 Å². The first-order valence-corrected chi connectivity index (χ1v) is 3.53. The van der Waals surface area contributed by atoms with Gasteiger partial charge in [-0.1, -0.05) is 5.16 Å². The van der Waals surface area contributed by atoms with E-state index in [1.807, 2.05) is 24.4 Å². The van der Waals surface area contributed by atoms with Gasteiger partial charge in [0, 0.05) is 11.9 Å². The van der Waals surface area contributed by atoms with Crippen LogP contribution in [0.4, 0.5) is 0 Å². The number of aromatic amines is 1. The minimum absolute atomic E-state index is 0.574. The van der Waals surface area contributed by atoms with Crippen molar-refractivity contribution in [2.75, 3.05) is 0 Å². The van der Waals surface area contributed by atoms with Gasteiger partial charge in [0.15, 0.2) is 5.82 Å². The van der Waals surface area contributed by atoms with Gasteiger partial charge in [-0.05, 0) is 24.3 Å². The molecule has 0 aliphatic rings. The molecule has 0 bridgehead atoms. The summed E-state index contributed by atoms with van der Waals surface area (Å²) >= 11 is 0. The number of aromatic nitrogens is 3. The van der Waals surface area contributed by atoms with E-state index in [9.17, 15) is 0 Å². The summed E-state index contributed by atoms with van der Waals surface area (Å²) in [6, 6.07) is 3.88. The average molecular weight is 161 g/mol. The van der Waals surface area contributed by atoms with Crippen LogP contribution in [0.5, 0.6) is 0 Å². The fraction of sp³-hybridized carbons (Fsp3) is 0. The van der Waals surface area contributed by atoms with Gasteiger partial charge < -0.3 is 9.51 Å². The zero-order valence-corrected chi connectivity index (χ0v) is 6.27. The maximum Gasteiger partial charge on any atom is 0.214 e. The van der Waals surface area contributed by atoms with Crippen LogP contribution in [0.15, 0.2) is 29.2 Å². The van der Waals surface area contributed by atoms with Gasteiger partial charge in [0.2, 0.25) is 6.39 Å². The van der Waals surface area contributed by atoms with E-state index >= 15 is 0 Å². The van der Waals surface area contributed by atoms with Crippen molar-refractivity contribution in [2.24, 2.45) is 0 Å². The number of hydrogen-bond acceptors (Lipinski definition) is 3. The van der Waals surface area contributed by atoms with Crippen LogP contribution in [0.1, 0.15) is 11.5 Å². The van der Waals surface area contributed by atoms with Crippen molar-refractivity contribution in [1.29, 1.82) is 0 Å². The summed E-state index contributed by atoms with van der Waals surface area (Å²) < 4.78 is 4.56. The first kappa shape index (κ1) is 6.84. The van der Waals surface area contributed by atoms with Gasteiger partial charge in [-0.15, -0.1) is 0 Å². The third-order valence-corrected chi connectivity index (χ3v) is 1.41. The van der Waals surface area contributed by atoms with E-state index in [1.165, 1.54) is 6.39 Å². The second kappa shape index (κ2) is 3.04. The molecule has 0 saturated heterocycles. The van der Waals surface area contributed by atoms with E-state index in [-0.39, 0.29) is 0 Å². The van der Waals surface area contributed by atoms with Gasteiger partial charge in [-0.25, -0.2) is 0 Å². The normalized spacial score (nSPS) is 11.0. The highest BCUT2D eigenvalue weighted by molar-refractivity contribution is 5.64. The van der Waals surface area contributed by atoms with Crippen LogP contribution in [0.3, 0.4) is 0 Å². The summed E-state index contributed by atoms with van der Waals surface area (Å²) in [6.07, 6.45) is 6.81. The van der Waals surface area contributed by atoms with Crippen LogP contribution >= 0.6 is 0 Å². The molecule has 0 radical (unpaired) electrons. The van der Waals surface area contributed by atoms with Crippen LogP contribution in [0.2, 0.25) is 0 Å². The van der Waals surface area contributed by atoms with E-state index in [0.29, 0.717) is 5.82 Å². The highest BCUT2D eigenvalue weighted by Crippen LogP contribution is 2.00. The molecule has 60 valence electrons. The standard InChI is InChI=1S/C8H7N3O/c1-2-7(9-5-1)3-4-8-10-6-12-11-8/h1-6,9H. The first-order chi connectivity index (χ1) is 5.95. The lowest BCUT2D eigenvalue weighted by Crippen LogP contribution is -1.73. The fourth-order valence-corrected chi connectivity index (χ4v) is 0.864. The van der Waals surface area contributed by atoms with Crippen molar-refractivity contribution in [3.63, 3.8) is 0 Å². The van der Waals surface area contributed by atoms with Gasteiger partial charge in [0.05, 0.1) is 0 Å². The number of nitrogens with one attached hydrogen (secondary N) is 1. The van der Waals surface area contributed by atoms with Gasteiger partial charge in [-0.3, -0.25) is 0 Å². The number of H-pyrrole nitrogens is 1. The number of hydrogen-bond donors (Lipinski definition) is 1. The van der Waals surface area contributed by atoms with Crippen LogP contribution in [0, 0.1) is 0 Å². The molecule has 0 amide bonds. The summed E-state index contributed by atoms with van der Waals surface area (Å²) in [5.41, 5.74) is 1.01. The lowest BCUT2D eigenvalue weighted by atomic mass is 10.4. The smallest absolute Gasteiger partial charge is 0.214 e. The molecule has 0 aliphatic carbocycles. The zero-order chi connectivity index (χ0) is 8.23. The Morgan fingerprint density at radius 3 is 3.08 bits per heavy atom. The molecular formula is C8H7N3O. The Morgan fingerprint density at radius 1 is 1.42 bits per heavy atom. The van der Waals surface area contributed by atoms with Crippen LogP contribution < -0.4 is 0 Å². The maximum absolute atomic E-state index is 4.56. The first-order valence-electron chi connectivity index (χ1n) is 3.53. The summed E-state index contributed by atoms with van der Waals surface area (Å²) in [7, 11) is 0. The Kier molecular flexibility index (Phi) is 1.74. The van der Waals surface area contributed by atoms with E-state index in [0.717, 1.165) is 5.69 Å². The molecule has 2 heterocycles. The fourth-order valence-electron chi connectivity index (χ4n) is 0.864. The number of nitrogens with zero attached hydrogens (tertiary/aromatic N) is 2. The molecule has 2 rings (SSSR count). The highest BCUT2D eigenvalue weighted by Gasteiger charge is 1.90. The molecule has 0 unspecified atom stereocenters. The van der Waals surface area contributed by atoms with E-state index in [4.69, 9.17) is 0 Å². The van der Waals surface area contributed by atoms with Gasteiger partial charge >= 0.3 is 0 Å². The van der Waals surface area contributed by atoms with E-state index < -0.39 is 0 Å². The highest BCUT2D eigenvalue weighted by atomic mass is 16.5. The third kappa shape index (κ3) is 1.42. The molecule has 0 aliphatic heterocycles. The molecule has 0 spiro atoms. The predicted molar refractivity (Wildman–Crippen MR) is 44.0 cm³/mol. The SMILES string of the molecule is C(=Cc1ccc[nH]1)c1ncon1.